The molecule has 11 rings (SSSR count). The van der Waals surface area contributed by atoms with Crippen molar-refractivity contribution in [3.8, 4) is 4.37 Å². The number of nitrogens with zero attached hydrogens (tertiary/aromatic N) is 2. The normalized spacial score (nSPS) is 16.7. The first-order valence-electron chi connectivity index (χ1n) is 24.7. The Hall–Kier alpha value is -6.89. The average Bonchev–Trinajstić information content (AvgIpc) is 3.86. The summed E-state index contributed by atoms with van der Waals surface area (Å²) < 4.78 is 10.2. The molecule has 0 radical (unpaired) electrons. The zero-order chi connectivity index (χ0) is 50.2. The zero-order valence-corrected chi connectivity index (χ0v) is 44.6. The van der Waals surface area contributed by atoms with Gasteiger partial charge in [-0.1, -0.05) is 13.8 Å². The van der Waals surface area contributed by atoms with Crippen LogP contribution in [-0.2, 0) is 22.7 Å². The van der Waals surface area contributed by atoms with Gasteiger partial charge in [0.1, 0.15) is 0 Å². The van der Waals surface area contributed by atoms with E-state index in [2.05, 4.69) is 108 Å². The van der Waals surface area contributed by atoms with Crippen LogP contribution in [0, 0.1) is 16.2 Å². The summed E-state index contributed by atoms with van der Waals surface area (Å²) in [4.78, 5) is 62.6. The zero-order valence-electron chi connectivity index (χ0n) is 41.2. The van der Waals surface area contributed by atoms with Gasteiger partial charge in [-0.15, -0.1) is 0 Å². The van der Waals surface area contributed by atoms with Gasteiger partial charge in [0.15, 0.2) is 0 Å². The summed E-state index contributed by atoms with van der Waals surface area (Å²) in [6, 6.07) is 43.9. The van der Waals surface area contributed by atoms with Crippen LogP contribution in [0.5, 0.6) is 0 Å². The van der Waals surface area contributed by atoms with E-state index < -0.39 is 7.26 Å². The van der Waals surface area contributed by atoms with Crippen LogP contribution < -0.4 is 15.9 Å². The van der Waals surface area contributed by atoms with Crippen LogP contribution in [0.25, 0.3) is 54.7 Å². The molecule has 1 saturated heterocycles. The van der Waals surface area contributed by atoms with Crippen molar-refractivity contribution in [2.75, 3.05) is 26.3 Å². The third kappa shape index (κ3) is 7.18. The van der Waals surface area contributed by atoms with Gasteiger partial charge in [0.25, 0.3) is 0 Å². The Morgan fingerprint density at radius 2 is 1.04 bits per heavy atom. The summed E-state index contributed by atoms with van der Waals surface area (Å²) in [5.74, 6) is -1.22. The summed E-state index contributed by atoms with van der Waals surface area (Å²) in [5, 5.41) is 10.5. The van der Waals surface area contributed by atoms with E-state index in [4.69, 9.17) is 4.74 Å². The van der Waals surface area contributed by atoms with Crippen LogP contribution in [0.15, 0.2) is 162 Å². The number of carbonyl (C=O) groups is 4. The van der Waals surface area contributed by atoms with E-state index in [0.717, 1.165) is 81.4 Å². The quantitative estimate of drug-likeness (QED) is 0.0558. The van der Waals surface area contributed by atoms with Crippen molar-refractivity contribution in [1.29, 1.82) is 0 Å². The molecule has 3 aliphatic rings. The first kappa shape index (κ1) is 47.4. The van der Waals surface area contributed by atoms with Crippen molar-refractivity contribution in [3.05, 3.63) is 195 Å². The molecule has 0 bridgehead atoms. The predicted molar refractivity (Wildman–Crippen MR) is 291 cm³/mol. The van der Waals surface area contributed by atoms with Gasteiger partial charge in [-0.25, -0.2) is 0 Å². The minimum atomic E-state index is -2.90. The van der Waals surface area contributed by atoms with Crippen LogP contribution in [0.3, 0.4) is 0 Å². The van der Waals surface area contributed by atoms with Crippen molar-refractivity contribution >= 4 is 102 Å². The molecule has 8 aromatic carbocycles. The van der Waals surface area contributed by atoms with Crippen molar-refractivity contribution in [3.63, 3.8) is 0 Å². The fraction of sp³-hybridized carbons (Fsp3) is 0.190. The monoisotopic (exact) mass is 1140 g/mol. The van der Waals surface area contributed by atoms with Crippen LogP contribution >= 0.6 is 7.26 Å². The number of hydrogen-bond acceptors (Lipinski definition) is 5. The number of ether oxygens (including phenoxy) is 1. The van der Waals surface area contributed by atoms with E-state index in [1.165, 1.54) is 9.80 Å². The molecule has 4 amide bonds. The van der Waals surface area contributed by atoms with E-state index in [9.17, 15) is 14.4 Å². The number of hydrogen-bond donors (Lipinski definition) is 0. The van der Waals surface area contributed by atoms with Crippen molar-refractivity contribution < 1.29 is 41.9 Å². The molecule has 72 heavy (non-hydrogen) atoms. The van der Waals surface area contributed by atoms with Gasteiger partial charge >= 0.3 is 413 Å². The van der Waals surface area contributed by atoms with E-state index in [1.807, 2.05) is 90.1 Å². The number of allylic oxidation sites excluding steroid dienone is 5. The maximum atomic E-state index is 15.5. The molecular weight excluding hydrogens is 1090 g/mol. The summed E-state index contributed by atoms with van der Waals surface area (Å²) in [6.07, 6.45) is 8.37. The first-order valence-corrected chi connectivity index (χ1v) is 27.7. The molecule has 1 fully saturated rings. The number of fused-ring (bicyclic) bond motifs is 2. The summed E-state index contributed by atoms with van der Waals surface area (Å²) >= 11 is 1.71. The fourth-order valence-electron chi connectivity index (χ4n) is 11.6. The molecule has 357 valence electrons. The number of benzene rings is 8. The topological polar surface area (TPSA) is 84.0 Å². The molecule has 8 aromatic rings. The molecule has 0 spiro atoms. The molecule has 0 N–H and O–H groups in total. The number of imide groups is 2. The van der Waals surface area contributed by atoms with E-state index in [1.54, 1.807) is 17.9 Å². The van der Waals surface area contributed by atoms with Crippen LogP contribution in [0.4, 0.5) is 0 Å². The SMILES string of the molecule is CC=C1COCC1=CC(=C([C]#[Os])[P+](c1ccccc1)(c1ccccc1)c1ccccc1)c1cc2c3c(ccc4c5c(/C=C/C)cc6c7c(ccc(c1c34)c75)C(=O)N(CC(C)C)C6=O)C(=O)N(CC(C)C)C2=O. The molecule has 3 aliphatic heterocycles. The molecule has 0 aromatic heterocycles. The van der Waals surface area contributed by atoms with E-state index in [-0.39, 0.29) is 48.6 Å². The maximum absolute atomic E-state index is 15.5. The average molecular weight is 1140 g/mol. The number of amides is 4. The molecule has 7 nitrogen and oxygen atoms in total. The Morgan fingerprint density at radius 3 is 1.51 bits per heavy atom. The summed E-state index contributed by atoms with van der Waals surface area (Å²) in [7, 11) is -2.90. The van der Waals surface area contributed by atoms with Gasteiger partial charge in [-0.3, -0.25) is 0 Å². The predicted octanol–water partition coefficient (Wildman–Crippen LogP) is 12.4. The van der Waals surface area contributed by atoms with Crippen LogP contribution in [-0.4, -0.2) is 59.7 Å². The van der Waals surface area contributed by atoms with Gasteiger partial charge in [0, 0.05) is 0 Å². The summed E-state index contributed by atoms with van der Waals surface area (Å²) in [6.45, 7) is 13.4. The minimum absolute atomic E-state index is 0.0234. The Morgan fingerprint density at radius 1 is 0.583 bits per heavy atom. The van der Waals surface area contributed by atoms with Crippen LogP contribution in [0.2, 0.25) is 0 Å². The second kappa shape index (κ2) is 18.6. The third-order valence-corrected chi connectivity index (χ3v) is 19.8. The van der Waals surface area contributed by atoms with E-state index >= 15 is 4.79 Å². The van der Waals surface area contributed by atoms with Gasteiger partial charge < -0.3 is 0 Å². The molecule has 0 atom stereocenters. The Labute approximate surface area is 430 Å². The van der Waals surface area contributed by atoms with Crippen molar-refractivity contribution in [2.45, 2.75) is 41.5 Å². The second-order valence-corrected chi connectivity index (χ2v) is 23.8. The van der Waals surface area contributed by atoms with Gasteiger partial charge in [-0.05, 0) is 5.92 Å². The Kier molecular flexibility index (Phi) is 12.3. The number of carbonyl (C=O) groups excluding carboxylic acids is 4. The molecule has 9 heteroatoms. The summed E-state index contributed by atoms with van der Waals surface area (Å²) in [5.41, 5.74) is 6.41. The second-order valence-electron chi connectivity index (χ2n) is 19.8. The fourth-order valence-corrected chi connectivity index (χ4v) is 17.4. The van der Waals surface area contributed by atoms with E-state index in [0.29, 0.717) is 46.2 Å². The van der Waals surface area contributed by atoms with Gasteiger partial charge in [0.2, 0.25) is 0 Å². The Bertz CT molecular complexity index is 3690. The molecule has 3 heterocycles. The molecule has 0 unspecified atom stereocenters. The molecule has 0 saturated carbocycles. The van der Waals surface area contributed by atoms with Crippen molar-refractivity contribution in [1.82, 2.24) is 9.80 Å². The first-order chi connectivity index (χ1) is 34.9. The third-order valence-electron chi connectivity index (χ3n) is 14.5. The molecular formula is C63H53N2O5OsP+. The number of rotatable bonds is 11. The van der Waals surface area contributed by atoms with Gasteiger partial charge in [0.05, 0.1) is 0 Å². The van der Waals surface area contributed by atoms with Gasteiger partial charge in [-0.2, -0.15) is 0 Å². The van der Waals surface area contributed by atoms with Crippen molar-refractivity contribution in [2.24, 2.45) is 11.8 Å². The Balaban J connectivity index is 1.42. The van der Waals surface area contributed by atoms with Crippen LogP contribution in [0.1, 0.15) is 94.1 Å². The molecule has 0 aliphatic carbocycles. The standard InChI is InChI=1S/C63H53N2O5P.Os/c1-8-19-41-30-52-56-48(60(66)64(62(52)68)33-37(3)4)29-27-47-55-51(32-53-57-49(61(67)65(63(53)69)34-38(5)6)28-26-46(59(55)57)54(41)58(47)56)50(31-42-36-70-35-40(42)9-2)39(7)71(43-20-13-10-14-21-43,44-22-15-11-16-23-44)45-24-17-12-18-25-45;/h8-32,37-38H,33-36H2,1-6H3;/q+1;/b19-8+,40-9?,42-31?,50-39?;.